The van der Waals surface area contributed by atoms with Crippen molar-refractivity contribution >= 4 is 15.9 Å². The minimum Gasteiger partial charge on any atom is -0.307 e. The van der Waals surface area contributed by atoms with E-state index >= 15 is 0 Å². The zero-order valence-electron chi connectivity index (χ0n) is 9.65. The molecule has 17 heavy (non-hydrogen) atoms. The molecule has 0 aliphatic rings. The third-order valence-electron chi connectivity index (χ3n) is 2.54. The second kappa shape index (κ2) is 5.89. The third kappa shape index (κ3) is 3.61. The Hall–Kier alpha value is -1.26. The Morgan fingerprint density at radius 2 is 2.12 bits per heavy atom. The molecule has 3 nitrogen and oxygen atoms in total. The Kier molecular flexibility index (Phi) is 4.23. The first kappa shape index (κ1) is 12.2. The Morgan fingerprint density at radius 1 is 1.24 bits per heavy atom. The minimum absolute atomic E-state index is 0.758. The highest BCUT2D eigenvalue weighted by Crippen LogP contribution is 2.07. The monoisotopic (exact) mass is 291 g/mol. The summed E-state index contributed by atoms with van der Waals surface area (Å²) in [6.45, 7) is 3.66. The number of hydrogen-bond donors (Lipinski definition) is 1. The van der Waals surface area contributed by atoms with Crippen LogP contribution in [0.1, 0.15) is 16.8 Å². The molecule has 0 saturated carbocycles. The van der Waals surface area contributed by atoms with Crippen LogP contribution >= 0.6 is 15.9 Å². The van der Waals surface area contributed by atoms with Crippen molar-refractivity contribution in [1.29, 1.82) is 0 Å². The van der Waals surface area contributed by atoms with Crippen molar-refractivity contribution in [3.63, 3.8) is 0 Å². The summed E-state index contributed by atoms with van der Waals surface area (Å²) in [4.78, 5) is 8.49. The molecule has 4 heteroatoms. The fourth-order valence-electron chi connectivity index (χ4n) is 1.56. The lowest BCUT2D eigenvalue weighted by atomic mass is 10.1. The molecule has 0 fully saturated rings. The third-order valence-corrected chi connectivity index (χ3v) is 2.98. The number of rotatable bonds is 4. The van der Waals surface area contributed by atoms with Gasteiger partial charge in [0, 0.05) is 25.5 Å². The van der Waals surface area contributed by atoms with Gasteiger partial charge in [-0.3, -0.25) is 4.98 Å². The van der Waals surface area contributed by atoms with Crippen LogP contribution in [0.3, 0.4) is 0 Å². The summed E-state index contributed by atoms with van der Waals surface area (Å²) in [5.74, 6) is 0. The van der Waals surface area contributed by atoms with Crippen molar-refractivity contribution in [2.75, 3.05) is 0 Å². The van der Waals surface area contributed by atoms with Gasteiger partial charge in [0.2, 0.25) is 0 Å². The van der Waals surface area contributed by atoms with Crippen molar-refractivity contribution < 1.29 is 0 Å². The number of pyridine rings is 2. The number of hydrogen-bond acceptors (Lipinski definition) is 3. The topological polar surface area (TPSA) is 37.8 Å². The molecule has 0 amide bonds. The summed E-state index contributed by atoms with van der Waals surface area (Å²) >= 11 is 3.36. The highest BCUT2D eigenvalue weighted by atomic mass is 79.9. The molecule has 0 atom stereocenters. The molecule has 0 unspecified atom stereocenters. The zero-order valence-corrected chi connectivity index (χ0v) is 11.2. The SMILES string of the molecule is Cc1ccncc1CNCc1cccc(Br)n1. The number of aromatic nitrogens is 2. The fraction of sp³-hybridized carbons (Fsp3) is 0.231. The summed E-state index contributed by atoms with van der Waals surface area (Å²) < 4.78 is 0.870. The average molecular weight is 292 g/mol. The molecule has 0 saturated heterocycles. The Morgan fingerprint density at radius 3 is 2.88 bits per heavy atom. The van der Waals surface area contributed by atoms with Crippen LogP contribution in [0, 0.1) is 6.92 Å². The van der Waals surface area contributed by atoms with Gasteiger partial charge in [0.25, 0.3) is 0 Å². The van der Waals surface area contributed by atoms with Gasteiger partial charge in [-0.1, -0.05) is 6.07 Å². The summed E-state index contributed by atoms with van der Waals surface area (Å²) in [7, 11) is 0. The molecule has 0 aliphatic carbocycles. The first-order valence-corrected chi connectivity index (χ1v) is 6.26. The summed E-state index contributed by atoms with van der Waals surface area (Å²) in [6.07, 6.45) is 3.71. The second-order valence-electron chi connectivity index (χ2n) is 3.86. The molecule has 0 aliphatic heterocycles. The van der Waals surface area contributed by atoms with Gasteiger partial charge in [-0.25, -0.2) is 4.98 Å². The van der Waals surface area contributed by atoms with Gasteiger partial charge in [-0.05, 0) is 52.2 Å². The number of aryl methyl sites for hydroxylation is 1. The van der Waals surface area contributed by atoms with Crippen LogP contribution in [-0.4, -0.2) is 9.97 Å². The van der Waals surface area contributed by atoms with Gasteiger partial charge in [0.05, 0.1) is 5.69 Å². The molecule has 2 aromatic rings. The van der Waals surface area contributed by atoms with E-state index in [1.807, 2.05) is 36.7 Å². The molecule has 88 valence electrons. The Bertz CT molecular complexity index is 500. The van der Waals surface area contributed by atoms with E-state index in [9.17, 15) is 0 Å². The van der Waals surface area contributed by atoms with E-state index in [0.717, 1.165) is 23.4 Å². The van der Waals surface area contributed by atoms with Gasteiger partial charge in [-0.15, -0.1) is 0 Å². The van der Waals surface area contributed by atoms with Crippen LogP contribution in [0.5, 0.6) is 0 Å². The normalized spacial score (nSPS) is 10.5. The van der Waals surface area contributed by atoms with Gasteiger partial charge in [0.1, 0.15) is 4.60 Å². The van der Waals surface area contributed by atoms with Crippen LogP contribution in [-0.2, 0) is 13.1 Å². The molecule has 0 spiro atoms. The maximum Gasteiger partial charge on any atom is 0.106 e. The maximum absolute atomic E-state index is 4.37. The summed E-state index contributed by atoms with van der Waals surface area (Å²) in [5.41, 5.74) is 3.51. The largest absolute Gasteiger partial charge is 0.307 e. The maximum atomic E-state index is 4.37. The van der Waals surface area contributed by atoms with E-state index in [-0.39, 0.29) is 0 Å². The second-order valence-corrected chi connectivity index (χ2v) is 4.67. The van der Waals surface area contributed by atoms with Crippen LogP contribution in [0.4, 0.5) is 0 Å². The van der Waals surface area contributed by atoms with Crippen LogP contribution < -0.4 is 5.32 Å². The fourth-order valence-corrected chi connectivity index (χ4v) is 1.94. The average Bonchev–Trinajstić information content (AvgIpc) is 2.32. The van der Waals surface area contributed by atoms with E-state index in [2.05, 4.69) is 38.1 Å². The molecule has 2 rings (SSSR count). The molecule has 2 heterocycles. The van der Waals surface area contributed by atoms with Crippen LogP contribution in [0.15, 0.2) is 41.3 Å². The van der Waals surface area contributed by atoms with Crippen molar-refractivity contribution in [3.05, 3.63) is 58.1 Å². The van der Waals surface area contributed by atoms with Gasteiger partial charge < -0.3 is 5.32 Å². The van der Waals surface area contributed by atoms with Gasteiger partial charge >= 0.3 is 0 Å². The van der Waals surface area contributed by atoms with Gasteiger partial charge in [-0.2, -0.15) is 0 Å². The van der Waals surface area contributed by atoms with Gasteiger partial charge in [0.15, 0.2) is 0 Å². The standard InChI is InChI=1S/C13H14BrN3/c1-10-5-6-15-7-11(10)8-16-9-12-3-2-4-13(14)17-12/h2-7,16H,8-9H2,1H3. The summed E-state index contributed by atoms with van der Waals surface area (Å²) in [6, 6.07) is 7.94. The highest BCUT2D eigenvalue weighted by molar-refractivity contribution is 9.10. The molecule has 0 radical (unpaired) electrons. The van der Waals surface area contributed by atoms with Crippen molar-refractivity contribution in [2.24, 2.45) is 0 Å². The molecule has 2 aromatic heterocycles. The summed E-state index contributed by atoms with van der Waals surface area (Å²) in [5, 5.41) is 3.36. The van der Waals surface area contributed by atoms with Crippen LogP contribution in [0.25, 0.3) is 0 Å². The van der Waals surface area contributed by atoms with E-state index in [1.54, 1.807) is 0 Å². The Balaban J connectivity index is 1.90. The van der Waals surface area contributed by atoms with Crippen molar-refractivity contribution in [1.82, 2.24) is 15.3 Å². The lowest BCUT2D eigenvalue weighted by molar-refractivity contribution is 0.674. The Labute approximate surface area is 109 Å². The first-order valence-electron chi connectivity index (χ1n) is 5.47. The zero-order chi connectivity index (χ0) is 12.1. The molecular weight excluding hydrogens is 278 g/mol. The smallest absolute Gasteiger partial charge is 0.106 e. The molecular formula is C13H14BrN3. The quantitative estimate of drug-likeness (QED) is 0.881. The van der Waals surface area contributed by atoms with Crippen LogP contribution in [0.2, 0.25) is 0 Å². The number of halogens is 1. The first-order chi connectivity index (χ1) is 8.25. The minimum atomic E-state index is 0.758. The van der Waals surface area contributed by atoms with E-state index in [0.29, 0.717) is 0 Å². The molecule has 0 aromatic carbocycles. The molecule has 1 N–H and O–H groups in total. The van der Waals surface area contributed by atoms with Crippen molar-refractivity contribution in [2.45, 2.75) is 20.0 Å². The lowest BCUT2D eigenvalue weighted by Crippen LogP contribution is -2.14. The number of nitrogens with one attached hydrogen (secondary N) is 1. The lowest BCUT2D eigenvalue weighted by Gasteiger charge is -2.06. The van der Waals surface area contributed by atoms with E-state index in [4.69, 9.17) is 0 Å². The van der Waals surface area contributed by atoms with E-state index in [1.165, 1.54) is 11.1 Å². The highest BCUT2D eigenvalue weighted by Gasteiger charge is 1.98. The van der Waals surface area contributed by atoms with E-state index < -0.39 is 0 Å². The predicted molar refractivity (Wildman–Crippen MR) is 71.5 cm³/mol. The predicted octanol–water partition coefficient (Wildman–Crippen LogP) is 2.84. The van der Waals surface area contributed by atoms with Crippen molar-refractivity contribution in [3.8, 4) is 0 Å². The number of nitrogens with zero attached hydrogens (tertiary/aromatic N) is 2. The molecule has 0 bridgehead atoms.